The van der Waals surface area contributed by atoms with Crippen molar-refractivity contribution in [2.75, 3.05) is 18.4 Å². The molecule has 1 aromatic carbocycles. The van der Waals surface area contributed by atoms with Crippen molar-refractivity contribution in [3.63, 3.8) is 0 Å². The number of hydrogen-bond acceptors (Lipinski definition) is 7. The second kappa shape index (κ2) is 11.0. The van der Waals surface area contributed by atoms with Crippen LogP contribution in [0.2, 0.25) is 0 Å². The van der Waals surface area contributed by atoms with Gasteiger partial charge in [0.1, 0.15) is 5.71 Å². The van der Waals surface area contributed by atoms with Crippen molar-refractivity contribution in [3.8, 4) is 11.4 Å². The van der Waals surface area contributed by atoms with Gasteiger partial charge < -0.3 is 16.1 Å². The number of pyridine rings is 1. The van der Waals surface area contributed by atoms with Crippen LogP contribution in [0.1, 0.15) is 18.5 Å². The summed E-state index contributed by atoms with van der Waals surface area (Å²) in [6.45, 7) is 4.57. The maximum Gasteiger partial charge on any atom is 0.245 e. The largest absolute Gasteiger partial charge is 0.338 e. The number of amides is 2. The average Bonchev–Trinajstić information content (AvgIpc) is 3.45. The van der Waals surface area contributed by atoms with Gasteiger partial charge in [0.15, 0.2) is 0 Å². The summed E-state index contributed by atoms with van der Waals surface area (Å²) in [6, 6.07) is 14.4. The minimum Gasteiger partial charge on any atom is -0.338 e. The Morgan fingerprint density at radius 1 is 1.20 bits per heavy atom. The number of likely N-dealkylation sites (tertiary alicyclic amines) is 1. The zero-order valence-corrected chi connectivity index (χ0v) is 19.1. The standard InChI is InChI=1S/C25H26N8O2/c1-2-24(34)33-14-4-5-17(16-33)25(35)29-19-10-8-18(9-11-19)27-15-23(31-26)21-7-3-6-20(30-21)22-12-13-28-32-22/h2-3,6-13,15,17H,1,4-5,14,16,26H2,(H,28,32)(H,29,35)/t17-/m0/s1. The van der Waals surface area contributed by atoms with E-state index in [9.17, 15) is 9.59 Å². The number of anilines is 1. The zero-order valence-electron chi connectivity index (χ0n) is 19.1. The Morgan fingerprint density at radius 2 is 2.03 bits per heavy atom. The van der Waals surface area contributed by atoms with E-state index in [2.05, 4.69) is 37.2 Å². The number of H-pyrrole nitrogens is 1. The fraction of sp³-hybridized carbons (Fsp3) is 0.200. The molecule has 2 aromatic heterocycles. The van der Waals surface area contributed by atoms with Crippen molar-refractivity contribution in [2.24, 2.45) is 21.9 Å². The Bertz CT molecular complexity index is 1250. The molecule has 3 heterocycles. The van der Waals surface area contributed by atoms with E-state index < -0.39 is 0 Å². The average molecular weight is 471 g/mol. The number of nitrogens with zero attached hydrogens (tertiary/aromatic N) is 5. The van der Waals surface area contributed by atoms with E-state index in [4.69, 9.17) is 5.84 Å². The minimum atomic E-state index is -0.251. The molecule has 4 N–H and O–H groups in total. The lowest BCUT2D eigenvalue weighted by Gasteiger charge is -2.31. The first-order chi connectivity index (χ1) is 17.1. The van der Waals surface area contributed by atoms with E-state index in [0.29, 0.717) is 41.6 Å². The van der Waals surface area contributed by atoms with Crippen molar-refractivity contribution < 1.29 is 9.59 Å². The molecule has 10 nitrogen and oxygen atoms in total. The van der Waals surface area contributed by atoms with Gasteiger partial charge in [-0.3, -0.25) is 19.7 Å². The summed E-state index contributed by atoms with van der Waals surface area (Å²) in [5.74, 6) is 5.08. The molecule has 0 spiro atoms. The van der Waals surface area contributed by atoms with Gasteiger partial charge in [-0.2, -0.15) is 10.2 Å². The van der Waals surface area contributed by atoms with Gasteiger partial charge in [-0.15, -0.1) is 0 Å². The first kappa shape index (κ1) is 23.6. The van der Waals surface area contributed by atoms with Gasteiger partial charge in [0.25, 0.3) is 0 Å². The first-order valence-corrected chi connectivity index (χ1v) is 11.2. The topological polar surface area (TPSA) is 142 Å². The minimum absolute atomic E-state index is 0.108. The summed E-state index contributed by atoms with van der Waals surface area (Å²) in [4.78, 5) is 35.2. The fourth-order valence-electron chi connectivity index (χ4n) is 3.82. The van der Waals surface area contributed by atoms with Crippen LogP contribution in [0.15, 0.2) is 77.5 Å². The number of rotatable bonds is 7. The van der Waals surface area contributed by atoms with Crippen LogP contribution < -0.4 is 11.2 Å². The summed E-state index contributed by atoms with van der Waals surface area (Å²) in [5, 5.41) is 13.6. The highest BCUT2D eigenvalue weighted by atomic mass is 16.2. The third-order valence-corrected chi connectivity index (χ3v) is 5.68. The number of nitrogens with one attached hydrogen (secondary N) is 2. The molecule has 10 heteroatoms. The van der Waals surface area contributed by atoms with Crippen molar-refractivity contribution in [1.29, 1.82) is 0 Å². The molecule has 178 valence electrons. The number of piperidine rings is 1. The van der Waals surface area contributed by atoms with Gasteiger partial charge >= 0.3 is 0 Å². The third-order valence-electron chi connectivity index (χ3n) is 5.68. The van der Waals surface area contributed by atoms with Gasteiger partial charge in [-0.1, -0.05) is 12.6 Å². The van der Waals surface area contributed by atoms with E-state index >= 15 is 0 Å². The molecule has 35 heavy (non-hydrogen) atoms. The highest BCUT2D eigenvalue weighted by Gasteiger charge is 2.27. The fourth-order valence-corrected chi connectivity index (χ4v) is 3.82. The van der Waals surface area contributed by atoms with E-state index in [0.717, 1.165) is 18.5 Å². The summed E-state index contributed by atoms with van der Waals surface area (Å²) < 4.78 is 0. The van der Waals surface area contributed by atoms with Crippen LogP contribution in [0.3, 0.4) is 0 Å². The van der Waals surface area contributed by atoms with Crippen LogP contribution in [0.4, 0.5) is 11.4 Å². The molecule has 0 bridgehead atoms. The monoisotopic (exact) mass is 470 g/mol. The van der Waals surface area contributed by atoms with Crippen LogP contribution in [0.25, 0.3) is 11.4 Å². The Balaban J connectivity index is 1.38. The lowest BCUT2D eigenvalue weighted by atomic mass is 9.97. The third kappa shape index (κ3) is 5.85. The number of benzene rings is 1. The normalized spacial score (nSPS) is 16.3. The number of hydrazone groups is 1. The molecular formula is C25H26N8O2. The molecule has 3 aromatic rings. The van der Waals surface area contributed by atoms with Crippen LogP contribution in [-0.2, 0) is 9.59 Å². The highest BCUT2D eigenvalue weighted by Crippen LogP contribution is 2.21. The zero-order chi connectivity index (χ0) is 24.6. The second-order valence-electron chi connectivity index (χ2n) is 8.01. The van der Waals surface area contributed by atoms with Gasteiger partial charge in [-0.25, -0.2) is 4.98 Å². The maximum absolute atomic E-state index is 12.7. The van der Waals surface area contributed by atoms with Crippen LogP contribution in [-0.4, -0.2) is 56.9 Å². The molecule has 1 aliphatic heterocycles. The van der Waals surface area contributed by atoms with E-state index in [1.165, 1.54) is 6.08 Å². The van der Waals surface area contributed by atoms with Crippen molar-refractivity contribution in [1.82, 2.24) is 20.1 Å². The van der Waals surface area contributed by atoms with Gasteiger partial charge in [0.05, 0.1) is 34.9 Å². The predicted molar refractivity (Wildman–Crippen MR) is 135 cm³/mol. The smallest absolute Gasteiger partial charge is 0.245 e. The molecular weight excluding hydrogens is 444 g/mol. The number of aliphatic imine (C=N–C) groups is 1. The number of carbonyl (C=O) groups excluding carboxylic acids is 2. The molecule has 0 aliphatic carbocycles. The number of aromatic nitrogens is 3. The quantitative estimate of drug-likeness (QED) is 0.211. The van der Waals surface area contributed by atoms with Gasteiger partial charge in [0, 0.05) is 25.0 Å². The van der Waals surface area contributed by atoms with Crippen molar-refractivity contribution in [3.05, 3.63) is 73.1 Å². The van der Waals surface area contributed by atoms with E-state index in [1.807, 2.05) is 18.2 Å². The highest BCUT2D eigenvalue weighted by molar-refractivity contribution is 6.37. The van der Waals surface area contributed by atoms with Crippen LogP contribution in [0.5, 0.6) is 0 Å². The second-order valence-corrected chi connectivity index (χ2v) is 8.01. The SMILES string of the molecule is C=CC(=O)N1CCC[C@H](C(=O)Nc2ccc(N=CC(=NN)c3cccc(-c4ccn[nH]4)n3)cc2)C1. The van der Waals surface area contributed by atoms with Crippen molar-refractivity contribution >= 4 is 35.1 Å². The Hall–Kier alpha value is -4.60. The Morgan fingerprint density at radius 3 is 2.74 bits per heavy atom. The van der Waals surface area contributed by atoms with Crippen molar-refractivity contribution in [2.45, 2.75) is 12.8 Å². The molecule has 0 saturated carbocycles. The first-order valence-electron chi connectivity index (χ1n) is 11.2. The summed E-state index contributed by atoms with van der Waals surface area (Å²) in [5.41, 5.74) is 3.80. The molecule has 0 radical (unpaired) electrons. The summed E-state index contributed by atoms with van der Waals surface area (Å²) in [6.07, 6.45) is 6.01. The van der Waals surface area contributed by atoms with E-state index in [-0.39, 0.29) is 17.7 Å². The lowest BCUT2D eigenvalue weighted by Crippen LogP contribution is -2.43. The van der Waals surface area contributed by atoms with Crippen LogP contribution in [0, 0.1) is 5.92 Å². The number of hydrogen-bond donors (Lipinski definition) is 3. The summed E-state index contributed by atoms with van der Waals surface area (Å²) >= 11 is 0. The number of carbonyl (C=O) groups is 2. The van der Waals surface area contributed by atoms with Crippen LogP contribution >= 0.6 is 0 Å². The molecule has 2 amide bonds. The number of nitrogens with two attached hydrogens (primary N) is 1. The summed E-state index contributed by atoms with van der Waals surface area (Å²) in [7, 11) is 0. The predicted octanol–water partition coefficient (Wildman–Crippen LogP) is 2.90. The Labute approximate surface area is 202 Å². The molecule has 1 aliphatic rings. The molecule has 0 unspecified atom stereocenters. The van der Waals surface area contributed by atoms with Gasteiger partial charge in [-0.05, 0) is 61.4 Å². The number of aromatic amines is 1. The lowest BCUT2D eigenvalue weighted by molar-refractivity contribution is -0.130. The molecule has 4 rings (SSSR count). The maximum atomic E-state index is 12.7. The van der Waals surface area contributed by atoms with E-state index in [1.54, 1.807) is 47.6 Å². The Kier molecular flexibility index (Phi) is 7.41. The molecule has 1 fully saturated rings. The molecule has 1 atom stereocenters. The van der Waals surface area contributed by atoms with Gasteiger partial charge in [0.2, 0.25) is 11.8 Å². The molecule has 1 saturated heterocycles.